The van der Waals surface area contributed by atoms with Gasteiger partial charge in [0.25, 0.3) is 0 Å². The molecule has 0 fully saturated rings. The van der Waals surface area contributed by atoms with E-state index in [1.807, 2.05) is 6.08 Å². The molecule has 0 unspecified atom stereocenters. The van der Waals surface area contributed by atoms with E-state index in [0.717, 1.165) is 62.8 Å². The number of halogens is 1. The van der Waals surface area contributed by atoms with Gasteiger partial charge in [0.15, 0.2) is 0 Å². The molecule has 0 radical (unpaired) electrons. The van der Waals surface area contributed by atoms with Crippen molar-refractivity contribution in [3.05, 3.63) is 53.2 Å². The predicted octanol–water partition coefficient (Wildman–Crippen LogP) is 5.75. The van der Waals surface area contributed by atoms with Gasteiger partial charge in [-0.2, -0.15) is 0 Å². The Labute approximate surface area is 167 Å². The number of hydrogen-bond donors (Lipinski definition) is 2. The van der Waals surface area contributed by atoms with E-state index in [4.69, 9.17) is 11.6 Å². The number of allylic oxidation sites excluding steroid dienone is 3. The van der Waals surface area contributed by atoms with Crippen LogP contribution in [0.3, 0.4) is 0 Å². The van der Waals surface area contributed by atoms with Crippen LogP contribution in [0.25, 0.3) is 0 Å². The molecule has 1 aromatic rings. The van der Waals surface area contributed by atoms with Crippen LogP contribution in [0.2, 0.25) is 5.02 Å². The highest BCUT2D eigenvalue weighted by atomic mass is 35.5. The maximum Gasteiger partial charge on any atom is 0.224 e. The summed E-state index contributed by atoms with van der Waals surface area (Å²) in [5.41, 5.74) is 1.71. The van der Waals surface area contributed by atoms with Crippen LogP contribution < -0.4 is 10.6 Å². The summed E-state index contributed by atoms with van der Waals surface area (Å²) in [6.07, 6.45) is 15.4. The van der Waals surface area contributed by atoms with Gasteiger partial charge in [0.2, 0.25) is 11.8 Å². The number of nitrogens with one attached hydrogen (secondary N) is 2. The number of benzene rings is 1. The molecule has 27 heavy (non-hydrogen) atoms. The molecule has 1 aliphatic carbocycles. The highest BCUT2D eigenvalue weighted by Gasteiger charge is 2.05. The van der Waals surface area contributed by atoms with E-state index in [0.29, 0.717) is 17.9 Å². The van der Waals surface area contributed by atoms with Gasteiger partial charge in [-0.3, -0.25) is 9.59 Å². The molecule has 1 aliphatic rings. The van der Waals surface area contributed by atoms with Crippen molar-refractivity contribution in [2.75, 3.05) is 5.32 Å². The van der Waals surface area contributed by atoms with Crippen molar-refractivity contribution >= 4 is 29.1 Å². The summed E-state index contributed by atoms with van der Waals surface area (Å²) in [6, 6.07) is 7.13. The molecule has 0 saturated carbocycles. The first-order chi connectivity index (χ1) is 13.1. The zero-order chi connectivity index (χ0) is 19.3. The molecular formula is C22H29ClN2O2. The summed E-state index contributed by atoms with van der Waals surface area (Å²) in [5.74, 6) is 0.145. The molecule has 1 aromatic carbocycles. The number of unbranched alkanes of at least 4 members (excludes halogenated alkanes) is 5. The first-order valence-corrected chi connectivity index (χ1v) is 10.2. The quantitative estimate of drug-likeness (QED) is 0.474. The SMILES string of the molecule is O=C(CCCCCCCCC(=O)Nc1ccc(Cl)cc1)NC1=CCCC=C1. The van der Waals surface area contributed by atoms with Gasteiger partial charge in [0.1, 0.15) is 0 Å². The Bertz CT molecular complexity index is 665. The Morgan fingerprint density at radius 2 is 1.41 bits per heavy atom. The standard InChI is InChI=1S/C22H29ClN2O2/c23-18-14-16-20(17-15-18)25-22(27)13-9-4-2-1-3-8-12-21(26)24-19-10-6-5-7-11-19/h6,10-11,14-17H,1-5,7-9,12-13H2,(H,24,26)(H,25,27). The third-order valence-electron chi connectivity index (χ3n) is 4.46. The lowest BCUT2D eigenvalue weighted by Crippen LogP contribution is -2.21. The molecule has 0 aliphatic heterocycles. The van der Waals surface area contributed by atoms with Crippen molar-refractivity contribution in [1.29, 1.82) is 0 Å². The fourth-order valence-corrected chi connectivity index (χ4v) is 3.09. The molecule has 0 spiro atoms. The van der Waals surface area contributed by atoms with Crippen molar-refractivity contribution in [3.63, 3.8) is 0 Å². The lowest BCUT2D eigenvalue weighted by molar-refractivity contribution is -0.120. The summed E-state index contributed by atoms with van der Waals surface area (Å²) < 4.78 is 0. The molecule has 0 saturated heterocycles. The molecule has 4 nitrogen and oxygen atoms in total. The first-order valence-electron chi connectivity index (χ1n) is 9.85. The molecule has 0 aromatic heterocycles. The molecule has 2 rings (SSSR count). The van der Waals surface area contributed by atoms with E-state index >= 15 is 0 Å². The lowest BCUT2D eigenvalue weighted by atomic mass is 10.1. The number of anilines is 1. The highest BCUT2D eigenvalue weighted by molar-refractivity contribution is 6.30. The molecule has 5 heteroatoms. The predicted molar refractivity (Wildman–Crippen MR) is 112 cm³/mol. The summed E-state index contributed by atoms with van der Waals surface area (Å²) in [6.45, 7) is 0. The second-order valence-electron chi connectivity index (χ2n) is 6.86. The molecule has 146 valence electrons. The summed E-state index contributed by atoms with van der Waals surface area (Å²) >= 11 is 5.82. The van der Waals surface area contributed by atoms with Gasteiger partial charge >= 0.3 is 0 Å². The van der Waals surface area contributed by atoms with E-state index in [2.05, 4.69) is 22.8 Å². The second kappa shape index (κ2) is 12.3. The van der Waals surface area contributed by atoms with E-state index in [1.54, 1.807) is 24.3 Å². The van der Waals surface area contributed by atoms with Crippen LogP contribution in [-0.2, 0) is 9.59 Å². The third-order valence-corrected chi connectivity index (χ3v) is 4.72. The van der Waals surface area contributed by atoms with Crippen molar-refractivity contribution < 1.29 is 9.59 Å². The maximum absolute atomic E-state index is 11.9. The van der Waals surface area contributed by atoms with Crippen LogP contribution in [0.4, 0.5) is 5.69 Å². The van der Waals surface area contributed by atoms with Crippen molar-refractivity contribution in [1.82, 2.24) is 5.32 Å². The van der Waals surface area contributed by atoms with Crippen LogP contribution in [0, 0.1) is 0 Å². The first kappa shape index (κ1) is 21.2. The minimum Gasteiger partial charge on any atom is -0.326 e. The molecule has 2 N–H and O–H groups in total. The molecule has 0 heterocycles. The Morgan fingerprint density at radius 1 is 0.815 bits per heavy atom. The largest absolute Gasteiger partial charge is 0.326 e. The number of carbonyl (C=O) groups is 2. The summed E-state index contributed by atoms with van der Waals surface area (Å²) in [5, 5.41) is 6.48. The molecule has 0 atom stereocenters. The number of hydrogen-bond acceptors (Lipinski definition) is 2. The Balaban J connectivity index is 1.43. The Hall–Kier alpha value is -2.07. The van der Waals surface area contributed by atoms with E-state index in [9.17, 15) is 9.59 Å². The smallest absolute Gasteiger partial charge is 0.224 e. The minimum atomic E-state index is 0.0417. The van der Waals surface area contributed by atoms with Gasteiger partial charge < -0.3 is 10.6 Å². The van der Waals surface area contributed by atoms with Crippen LogP contribution in [0.5, 0.6) is 0 Å². The van der Waals surface area contributed by atoms with Gasteiger partial charge in [0, 0.05) is 29.2 Å². The number of carbonyl (C=O) groups excluding carboxylic acids is 2. The van der Waals surface area contributed by atoms with Gasteiger partial charge in [-0.25, -0.2) is 0 Å². The normalized spacial score (nSPS) is 13.1. The molecule has 0 bridgehead atoms. The van der Waals surface area contributed by atoms with Gasteiger partial charge in [-0.15, -0.1) is 0 Å². The van der Waals surface area contributed by atoms with Gasteiger partial charge in [0.05, 0.1) is 0 Å². The second-order valence-corrected chi connectivity index (χ2v) is 7.30. The van der Waals surface area contributed by atoms with Crippen molar-refractivity contribution in [2.45, 2.75) is 64.2 Å². The monoisotopic (exact) mass is 388 g/mol. The molecule has 2 amide bonds. The van der Waals surface area contributed by atoms with E-state index in [1.165, 1.54) is 0 Å². The van der Waals surface area contributed by atoms with Gasteiger partial charge in [-0.05, 0) is 56.0 Å². The van der Waals surface area contributed by atoms with E-state index in [-0.39, 0.29) is 11.8 Å². The summed E-state index contributed by atoms with van der Waals surface area (Å²) in [7, 11) is 0. The average molecular weight is 389 g/mol. The fourth-order valence-electron chi connectivity index (χ4n) is 2.96. The topological polar surface area (TPSA) is 58.2 Å². The fraction of sp³-hybridized carbons (Fsp3) is 0.455. The minimum absolute atomic E-state index is 0.0417. The maximum atomic E-state index is 11.9. The average Bonchev–Trinajstić information content (AvgIpc) is 2.66. The number of amides is 2. The zero-order valence-electron chi connectivity index (χ0n) is 15.8. The van der Waals surface area contributed by atoms with Crippen LogP contribution in [0.15, 0.2) is 48.2 Å². The van der Waals surface area contributed by atoms with Gasteiger partial charge in [-0.1, -0.05) is 49.4 Å². The van der Waals surface area contributed by atoms with Crippen LogP contribution >= 0.6 is 11.6 Å². The van der Waals surface area contributed by atoms with E-state index < -0.39 is 0 Å². The third kappa shape index (κ3) is 9.43. The van der Waals surface area contributed by atoms with Crippen LogP contribution in [0.1, 0.15) is 64.2 Å². The van der Waals surface area contributed by atoms with Crippen molar-refractivity contribution in [2.24, 2.45) is 0 Å². The summed E-state index contributed by atoms with van der Waals surface area (Å²) in [4.78, 5) is 23.7. The van der Waals surface area contributed by atoms with Crippen molar-refractivity contribution in [3.8, 4) is 0 Å². The highest BCUT2D eigenvalue weighted by Crippen LogP contribution is 2.14. The lowest BCUT2D eigenvalue weighted by Gasteiger charge is -2.09. The van der Waals surface area contributed by atoms with Crippen LogP contribution in [-0.4, -0.2) is 11.8 Å². The zero-order valence-corrected chi connectivity index (χ0v) is 16.6. The Morgan fingerprint density at radius 3 is 2.00 bits per heavy atom. The number of rotatable bonds is 11. The Kier molecular flexibility index (Phi) is 9.70. The molecular weight excluding hydrogens is 360 g/mol.